The molecule has 0 radical (unpaired) electrons. The molecule has 1 unspecified atom stereocenters. The van der Waals surface area contributed by atoms with E-state index >= 15 is 0 Å². The van der Waals surface area contributed by atoms with E-state index < -0.39 is 0 Å². The van der Waals surface area contributed by atoms with Crippen LogP contribution in [0.3, 0.4) is 0 Å². The predicted molar refractivity (Wildman–Crippen MR) is 79.1 cm³/mol. The molecule has 0 aromatic carbocycles. The number of carbonyl (C=O) groups excluding carboxylic acids is 1. The summed E-state index contributed by atoms with van der Waals surface area (Å²) in [6.07, 6.45) is 3.67. The lowest BCUT2D eigenvalue weighted by molar-refractivity contribution is 0.0612. The zero-order valence-corrected chi connectivity index (χ0v) is 12.5. The summed E-state index contributed by atoms with van der Waals surface area (Å²) in [5.41, 5.74) is 0.135. The van der Waals surface area contributed by atoms with Crippen molar-refractivity contribution in [3.8, 4) is 0 Å². The lowest BCUT2D eigenvalue weighted by Crippen LogP contribution is -2.42. The Morgan fingerprint density at radius 3 is 3.00 bits per heavy atom. The number of unbranched alkanes of at least 4 members (excludes halogenated alkanes) is 1. The Morgan fingerprint density at radius 2 is 2.29 bits per heavy atom. The van der Waals surface area contributed by atoms with E-state index in [1.165, 1.54) is 16.8 Å². The standard InChI is InChI=1S/C15H23N3O3/c1-2-3-9-18-14(20)7-6-13(16-18)15(21)17-8-4-5-12(10-17)11-19/h6-7,12,19H,2-5,8-11H2,1H3. The number of amides is 1. The van der Waals surface area contributed by atoms with Crippen LogP contribution >= 0.6 is 0 Å². The van der Waals surface area contributed by atoms with Crippen molar-refractivity contribution in [2.24, 2.45) is 5.92 Å². The monoisotopic (exact) mass is 293 g/mol. The largest absolute Gasteiger partial charge is 0.396 e. The smallest absolute Gasteiger partial charge is 0.274 e. The Balaban J connectivity index is 2.13. The highest BCUT2D eigenvalue weighted by Gasteiger charge is 2.25. The van der Waals surface area contributed by atoms with Crippen LogP contribution in [0.1, 0.15) is 43.1 Å². The van der Waals surface area contributed by atoms with Gasteiger partial charge >= 0.3 is 0 Å². The first kappa shape index (κ1) is 15.7. The second-order valence-electron chi connectivity index (χ2n) is 5.58. The van der Waals surface area contributed by atoms with E-state index in [-0.39, 0.29) is 24.0 Å². The number of aromatic nitrogens is 2. The first-order valence-corrected chi connectivity index (χ1v) is 7.64. The molecule has 2 rings (SSSR count). The first-order chi connectivity index (χ1) is 10.2. The molecular weight excluding hydrogens is 270 g/mol. The van der Waals surface area contributed by atoms with Gasteiger partial charge in [-0.3, -0.25) is 9.59 Å². The molecule has 0 bridgehead atoms. The van der Waals surface area contributed by atoms with Gasteiger partial charge in [-0.05, 0) is 31.2 Å². The van der Waals surface area contributed by atoms with Crippen LogP contribution < -0.4 is 5.56 Å². The molecule has 1 aromatic heterocycles. The van der Waals surface area contributed by atoms with Gasteiger partial charge in [-0.25, -0.2) is 4.68 Å². The van der Waals surface area contributed by atoms with Crippen molar-refractivity contribution < 1.29 is 9.90 Å². The number of hydrogen-bond donors (Lipinski definition) is 1. The second kappa shape index (κ2) is 7.36. The van der Waals surface area contributed by atoms with Crippen LogP contribution in [0, 0.1) is 5.92 Å². The van der Waals surface area contributed by atoms with Crippen molar-refractivity contribution in [3.05, 3.63) is 28.2 Å². The molecule has 1 saturated heterocycles. The van der Waals surface area contributed by atoms with Crippen LogP contribution in [0.5, 0.6) is 0 Å². The molecule has 1 N–H and O–H groups in total. The zero-order valence-electron chi connectivity index (χ0n) is 12.5. The normalized spacial score (nSPS) is 18.8. The number of nitrogens with zero attached hydrogens (tertiary/aromatic N) is 3. The fourth-order valence-electron chi connectivity index (χ4n) is 2.59. The number of aliphatic hydroxyl groups is 1. The van der Waals surface area contributed by atoms with Crippen LogP contribution in [-0.2, 0) is 6.54 Å². The van der Waals surface area contributed by atoms with Crippen LogP contribution in [0.2, 0.25) is 0 Å². The van der Waals surface area contributed by atoms with Crippen molar-refractivity contribution in [2.45, 2.75) is 39.2 Å². The van der Waals surface area contributed by atoms with E-state index in [1.54, 1.807) is 4.90 Å². The van der Waals surface area contributed by atoms with Gasteiger partial charge in [0.2, 0.25) is 0 Å². The minimum Gasteiger partial charge on any atom is -0.396 e. The molecule has 1 amide bonds. The van der Waals surface area contributed by atoms with Crippen LogP contribution in [0.25, 0.3) is 0 Å². The number of aliphatic hydroxyl groups excluding tert-OH is 1. The van der Waals surface area contributed by atoms with Crippen molar-refractivity contribution in [1.82, 2.24) is 14.7 Å². The summed E-state index contributed by atoms with van der Waals surface area (Å²) in [5, 5.41) is 13.4. The molecule has 6 nitrogen and oxygen atoms in total. The van der Waals surface area contributed by atoms with Crippen molar-refractivity contribution >= 4 is 5.91 Å². The van der Waals surface area contributed by atoms with E-state index in [2.05, 4.69) is 5.10 Å². The van der Waals surface area contributed by atoms with E-state index in [0.717, 1.165) is 25.7 Å². The lowest BCUT2D eigenvalue weighted by Gasteiger charge is -2.31. The summed E-state index contributed by atoms with van der Waals surface area (Å²) in [4.78, 5) is 25.9. The highest BCUT2D eigenvalue weighted by atomic mass is 16.3. The Hall–Kier alpha value is -1.69. The van der Waals surface area contributed by atoms with Crippen molar-refractivity contribution in [3.63, 3.8) is 0 Å². The topological polar surface area (TPSA) is 75.4 Å². The molecule has 1 fully saturated rings. The van der Waals surface area contributed by atoms with Crippen LogP contribution in [-0.4, -0.2) is 45.4 Å². The third kappa shape index (κ3) is 3.91. The predicted octanol–water partition coefficient (Wildman–Crippen LogP) is 0.888. The maximum atomic E-state index is 12.5. The first-order valence-electron chi connectivity index (χ1n) is 7.64. The van der Waals surface area contributed by atoms with E-state index in [4.69, 9.17) is 0 Å². The third-order valence-corrected chi connectivity index (χ3v) is 3.87. The summed E-state index contributed by atoms with van der Waals surface area (Å²) in [7, 11) is 0. The number of hydrogen-bond acceptors (Lipinski definition) is 4. The summed E-state index contributed by atoms with van der Waals surface area (Å²) >= 11 is 0. The maximum Gasteiger partial charge on any atom is 0.274 e. The van der Waals surface area contributed by atoms with Gasteiger partial charge in [0.1, 0.15) is 5.69 Å². The summed E-state index contributed by atoms with van der Waals surface area (Å²) in [6, 6.07) is 2.90. The highest BCUT2D eigenvalue weighted by molar-refractivity contribution is 5.92. The van der Waals surface area contributed by atoms with E-state index in [0.29, 0.717) is 25.3 Å². The maximum absolute atomic E-state index is 12.5. The number of likely N-dealkylation sites (tertiary alicyclic amines) is 1. The molecule has 0 aliphatic carbocycles. The lowest BCUT2D eigenvalue weighted by atomic mass is 9.99. The SMILES string of the molecule is CCCCn1nc(C(=O)N2CCCC(CO)C2)ccc1=O. The molecule has 21 heavy (non-hydrogen) atoms. The quantitative estimate of drug-likeness (QED) is 0.874. The van der Waals surface area contributed by atoms with E-state index in [1.807, 2.05) is 6.92 Å². The fraction of sp³-hybridized carbons (Fsp3) is 0.667. The molecule has 1 aromatic rings. The molecule has 6 heteroatoms. The number of piperidine rings is 1. The highest BCUT2D eigenvalue weighted by Crippen LogP contribution is 2.17. The van der Waals surface area contributed by atoms with Gasteiger partial charge in [-0.15, -0.1) is 0 Å². The van der Waals surface area contributed by atoms with Crippen molar-refractivity contribution in [2.75, 3.05) is 19.7 Å². The molecular formula is C15H23N3O3. The Morgan fingerprint density at radius 1 is 1.48 bits per heavy atom. The van der Waals surface area contributed by atoms with Crippen molar-refractivity contribution in [1.29, 1.82) is 0 Å². The average molecular weight is 293 g/mol. The Bertz CT molecular complexity index is 541. The number of aryl methyl sites for hydroxylation is 1. The summed E-state index contributed by atoms with van der Waals surface area (Å²) in [6.45, 7) is 3.93. The van der Waals surface area contributed by atoms with E-state index in [9.17, 15) is 14.7 Å². The van der Waals surface area contributed by atoms with Crippen LogP contribution in [0.15, 0.2) is 16.9 Å². The molecule has 1 atom stereocenters. The Kier molecular flexibility index (Phi) is 5.50. The van der Waals surface area contributed by atoms with Crippen LogP contribution in [0.4, 0.5) is 0 Å². The average Bonchev–Trinajstić information content (AvgIpc) is 2.53. The molecule has 1 aliphatic heterocycles. The third-order valence-electron chi connectivity index (χ3n) is 3.87. The molecule has 0 saturated carbocycles. The summed E-state index contributed by atoms with van der Waals surface area (Å²) < 4.78 is 1.37. The Labute approximate surface area is 124 Å². The molecule has 0 spiro atoms. The van der Waals surface area contributed by atoms with Gasteiger partial charge in [0.15, 0.2) is 0 Å². The molecule has 2 heterocycles. The van der Waals surface area contributed by atoms with Gasteiger partial charge in [0.05, 0.1) is 0 Å². The van der Waals surface area contributed by atoms with Gasteiger partial charge < -0.3 is 10.0 Å². The van der Waals surface area contributed by atoms with Gasteiger partial charge in [0.25, 0.3) is 11.5 Å². The minimum absolute atomic E-state index is 0.104. The van der Waals surface area contributed by atoms with Gasteiger partial charge in [-0.2, -0.15) is 5.10 Å². The van der Waals surface area contributed by atoms with Gasteiger partial charge in [0, 0.05) is 32.3 Å². The zero-order chi connectivity index (χ0) is 15.2. The fourth-order valence-corrected chi connectivity index (χ4v) is 2.59. The molecule has 116 valence electrons. The molecule has 1 aliphatic rings. The van der Waals surface area contributed by atoms with Gasteiger partial charge in [-0.1, -0.05) is 13.3 Å². The second-order valence-corrected chi connectivity index (χ2v) is 5.58. The number of carbonyl (C=O) groups is 1. The minimum atomic E-state index is -0.174. The number of rotatable bonds is 5. The summed E-state index contributed by atoms with van der Waals surface area (Å²) in [5.74, 6) is -0.00732.